The summed E-state index contributed by atoms with van der Waals surface area (Å²) in [6, 6.07) is 21.1. The largest absolute Gasteiger partial charge is 0.497 e. The van der Waals surface area contributed by atoms with Gasteiger partial charge in [-0.3, -0.25) is 4.79 Å². The smallest absolute Gasteiger partial charge is 0.438 e. The number of imide groups is 2. The number of rotatable bonds is 14. The van der Waals surface area contributed by atoms with Crippen LogP contribution in [0.3, 0.4) is 0 Å². The van der Waals surface area contributed by atoms with Crippen molar-refractivity contribution in [2.45, 2.75) is 38.2 Å². The van der Waals surface area contributed by atoms with E-state index >= 15 is 0 Å². The number of hydrazone groups is 1. The van der Waals surface area contributed by atoms with Crippen molar-refractivity contribution >= 4 is 61.2 Å². The summed E-state index contributed by atoms with van der Waals surface area (Å²) in [6.45, 7) is 5.68. The molecule has 19 heteroatoms. The molecule has 302 valence electrons. The Kier molecular flexibility index (Phi) is 14.4. The SMILES string of the molecule is COc1ccc(Oc2ccc(/C(=N/N(C(=O)O)C(=O)O)C(=O)N(CCSS(=O)(=O)c3ccc(C)cc3)C(=O)OC(C)(C)C)c(Cl)c2Oc2ccc(OC)cc2)cc1. The topological polar surface area (TPSA) is 208 Å². The van der Waals surface area contributed by atoms with E-state index in [2.05, 4.69) is 5.10 Å². The van der Waals surface area contributed by atoms with Crippen molar-refractivity contribution in [1.29, 1.82) is 0 Å². The van der Waals surface area contributed by atoms with Gasteiger partial charge in [-0.05, 0) is 111 Å². The number of hydrogen-bond acceptors (Lipinski definition) is 13. The zero-order valence-corrected chi connectivity index (χ0v) is 33.8. The van der Waals surface area contributed by atoms with Gasteiger partial charge in [0.25, 0.3) is 5.91 Å². The van der Waals surface area contributed by atoms with Gasteiger partial charge in [0.2, 0.25) is 8.87 Å². The molecule has 0 atom stereocenters. The van der Waals surface area contributed by atoms with Gasteiger partial charge in [0.05, 0.1) is 24.1 Å². The van der Waals surface area contributed by atoms with Crippen LogP contribution in [-0.4, -0.2) is 90.6 Å². The Hall–Kier alpha value is -5.98. The minimum absolute atomic E-state index is 0.0217. The van der Waals surface area contributed by atoms with Gasteiger partial charge in [0.15, 0.2) is 17.2 Å². The van der Waals surface area contributed by atoms with Crippen molar-refractivity contribution in [1.82, 2.24) is 9.91 Å². The van der Waals surface area contributed by atoms with Gasteiger partial charge in [-0.2, -0.15) is 5.10 Å². The molecule has 0 spiro atoms. The summed E-state index contributed by atoms with van der Waals surface area (Å²) in [4.78, 5) is 52.7. The average molecular weight is 844 g/mol. The fraction of sp³-hybridized carbons (Fsp3) is 0.237. The van der Waals surface area contributed by atoms with Crippen LogP contribution in [0.5, 0.6) is 34.5 Å². The second kappa shape index (κ2) is 18.8. The lowest BCUT2D eigenvalue weighted by Crippen LogP contribution is -2.46. The molecule has 0 fully saturated rings. The van der Waals surface area contributed by atoms with Crippen LogP contribution >= 0.6 is 22.4 Å². The molecule has 0 aliphatic heterocycles. The predicted octanol–water partition coefficient (Wildman–Crippen LogP) is 8.50. The molecule has 4 aromatic rings. The zero-order valence-electron chi connectivity index (χ0n) is 31.4. The summed E-state index contributed by atoms with van der Waals surface area (Å²) < 4.78 is 54.3. The van der Waals surface area contributed by atoms with Crippen LogP contribution in [0.1, 0.15) is 31.9 Å². The molecule has 0 radical (unpaired) electrons. The van der Waals surface area contributed by atoms with Gasteiger partial charge < -0.3 is 33.9 Å². The number of ether oxygens (including phenoxy) is 5. The minimum Gasteiger partial charge on any atom is -0.497 e. The average Bonchev–Trinajstić information content (AvgIpc) is 3.15. The van der Waals surface area contributed by atoms with E-state index in [4.69, 9.17) is 35.3 Å². The predicted molar refractivity (Wildman–Crippen MR) is 211 cm³/mol. The molecule has 0 aliphatic rings. The van der Waals surface area contributed by atoms with Gasteiger partial charge in [0.1, 0.15) is 28.6 Å². The molecule has 4 amide bonds. The highest BCUT2D eigenvalue weighted by Crippen LogP contribution is 2.43. The summed E-state index contributed by atoms with van der Waals surface area (Å²) in [7, 11) is -0.616. The quantitative estimate of drug-likeness (QED) is 0.0693. The summed E-state index contributed by atoms with van der Waals surface area (Å²) in [5.74, 6) is -0.544. The van der Waals surface area contributed by atoms with Crippen LogP contribution in [0.15, 0.2) is 94.9 Å². The minimum atomic E-state index is -3.99. The highest BCUT2D eigenvalue weighted by Gasteiger charge is 2.35. The van der Waals surface area contributed by atoms with E-state index in [1.165, 1.54) is 71.4 Å². The summed E-state index contributed by atoms with van der Waals surface area (Å²) in [6.07, 6.45) is -5.50. The van der Waals surface area contributed by atoms with Crippen LogP contribution in [-0.2, 0) is 18.4 Å². The number of carbonyl (C=O) groups excluding carboxylic acids is 2. The first-order valence-corrected chi connectivity index (χ1v) is 20.0. The van der Waals surface area contributed by atoms with E-state index in [-0.39, 0.29) is 22.1 Å². The highest BCUT2D eigenvalue weighted by atomic mass is 35.5. The van der Waals surface area contributed by atoms with Crippen LogP contribution < -0.4 is 18.9 Å². The Balaban J connectivity index is 1.87. The molecule has 2 N–H and O–H groups in total. The third-order valence-electron chi connectivity index (χ3n) is 7.37. The molecule has 16 nitrogen and oxygen atoms in total. The van der Waals surface area contributed by atoms with E-state index < -0.39 is 72.3 Å². The van der Waals surface area contributed by atoms with E-state index in [0.717, 1.165) is 5.56 Å². The lowest BCUT2D eigenvalue weighted by atomic mass is 10.1. The van der Waals surface area contributed by atoms with E-state index in [9.17, 15) is 37.8 Å². The van der Waals surface area contributed by atoms with Crippen molar-refractivity contribution in [3.63, 3.8) is 0 Å². The third kappa shape index (κ3) is 11.8. The lowest BCUT2D eigenvalue weighted by Gasteiger charge is -2.27. The highest BCUT2D eigenvalue weighted by molar-refractivity contribution is 8.72. The number of carboxylic acid groups (broad SMARTS) is 2. The second-order valence-corrected chi connectivity index (χ2v) is 17.1. The van der Waals surface area contributed by atoms with Gasteiger partial charge in [-0.15, -0.1) is 0 Å². The van der Waals surface area contributed by atoms with Gasteiger partial charge in [-0.1, -0.05) is 34.3 Å². The Labute approximate surface area is 336 Å². The van der Waals surface area contributed by atoms with E-state index in [1.54, 1.807) is 55.5 Å². The molecule has 0 bridgehead atoms. The number of nitrogens with zero attached hydrogens (tertiary/aromatic N) is 3. The standard InChI is InChI=1S/C38H38ClN3O13S2/c1-23-7-17-28(18-8-23)57(49,50)56-22-21-41(37(48)55-38(2,3)4)34(43)32(40-42(35(44)45)36(46)47)29-19-20-30(53-26-13-9-24(51-5)10-14-26)33(31(29)39)54-27-15-11-25(52-6)12-16-27/h7-20H,21-22H2,1-6H3,(H,44,45)(H,46,47)/b40-32-. The van der Waals surface area contributed by atoms with E-state index in [0.29, 0.717) is 32.9 Å². The first-order chi connectivity index (χ1) is 26.8. The maximum absolute atomic E-state index is 14.5. The fourth-order valence-electron chi connectivity index (χ4n) is 4.64. The van der Waals surface area contributed by atoms with Gasteiger partial charge in [-0.25, -0.2) is 27.7 Å². The maximum Gasteiger partial charge on any atom is 0.438 e. The molecule has 57 heavy (non-hydrogen) atoms. The summed E-state index contributed by atoms with van der Waals surface area (Å²) >= 11 is 6.94. The number of aryl methyl sites for hydroxylation is 1. The summed E-state index contributed by atoms with van der Waals surface area (Å²) in [5.41, 5.74) is -1.74. The zero-order chi connectivity index (χ0) is 42.1. The number of benzene rings is 4. The van der Waals surface area contributed by atoms with Crippen LogP contribution in [0.2, 0.25) is 5.02 Å². The first kappa shape index (κ1) is 43.7. The molecule has 0 saturated heterocycles. The van der Waals surface area contributed by atoms with Crippen molar-refractivity contribution in [3.05, 3.63) is 101 Å². The third-order valence-corrected chi connectivity index (χ3v) is 11.3. The molecular weight excluding hydrogens is 806 g/mol. The van der Waals surface area contributed by atoms with Crippen LogP contribution in [0.4, 0.5) is 14.4 Å². The number of hydrogen-bond donors (Lipinski definition) is 2. The van der Waals surface area contributed by atoms with Crippen molar-refractivity contribution < 1.29 is 61.5 Å². The maximum atomic E-state index is 14.5. The molecule has 0 aliphatic carbocycles. The molecular formula is C38H38ClN3O13S2. The van der Waals surface area contributed by atoms with Gasteiger partial charge in [0, 0.05) is 17.9 Å². The molecule has 0 aromatic heterocycles. The Morgan fingerprint density at radius 1 is 0.772 bits per heavy atom. The van der Waals surface area contributed by atoms with Gasteiger partial charge >= 0.3 is 18.3 Å². The van der Waals surface area contributed by atoms with Crippen molar-refractivity contribution in [3.8, 4) is 34.5 Å². The lowest BCUT2D eigenvalue weighted by molar-refractivity contribution is -0.123. The fourth-order valence-corrected chi connectivity index (χ4v) is 7.63. The number of methoxy groups -OCH3 is 2. The Morgan fingerprint density at radius 3 is 1.77 bits per heavy atom. The van der Waals surface area contributed by atoms with Crippen molar-refractivity contribution in [2.24, 2.45) is 5.10 Å². The second-order valence-electron chi connectivity index (χ2n) is 12.7. The van der Waals surface area contributed by atoms with E-state index in [1.807, 2.05) is 0 Å². The monoisotopic (exact) mass is 843 g/mol. The number of amides is 4. The Morgan fingerprint density at radius 2 is 1.28 bits per heavy atom. The molecule has 0 heterocycles. The number of halogens is 1. The molecule has 4 rings (SSSR count). The Bertz CT molecular complexity index is 2230. The van der Waals surface area contributed by atoms with Crippen LogP contribution in [0.25, 0.3) is 0 Å². The summed E-state index contributed by atoms with van der Waals surface area (Å²) in [5, 5.41) is 22.2. The molecule has 0 saturated carbocycles. The molecule has 4 aromatic carbocycles. The van der Waals surface area contributed by atoms with Crippen LogP contribution in [0, 0.1) is 6.92 Å². The molecule has 0 unspecified atom stereocenters. The normalized spacial score (nSPS) is 11.6. The first-order valence-electron chi connectivity index (χ1n) is 16.7. The number of carbonyl (C=O) groups is 4. The van der Waals surface area contributed by atoms with Crippen molar-refractivity contribution in [2.75, 3.05) is 26.5 Å².